The van der Waals surface area contributed by atoms with Gasteiger partial charge < -0.3 is 10.1 Å². The third-order valence-corrected chi connectivity index (χ3v) is 4.20. The first-order chi connectivity index (χ1) is 10.1. The standard InChI is InChI=1S/C16H19F2NOS/c1-3-4-19-15(16-9-14(20-2)10-21-16)7-11-5-12(17)8-13(18)6-11/h5-6,8-10,15,19H,3-4,7H2,1-2H3. The van der Waals surface area contributed by atoms with Gasteiger partial charge in [-0.25, -0.2) is 8.78 Å². The van der Waals surface area contributed by atoms with Gasteiger partial charge in [0.25, 0.3) is 0 Å². The van der Waals surface area contributed by atoms with Crippen LogP contribution in [-0.2, 0) is 6.42 Å². The van der Waals surface area contributed by atoms with Crippen LogP contribution in [0.25, 0.3) is 0 Å². The number of hydrogen-bond acceptors (Lipinski definition) is 3. The summed E-state index contributed by atoms with van der Waals surface area (Å²) in [6.07, 6.45) is 1.54. The van der Waals surface area contributed by atoms with Crippen molar-refractivity contribution in [2.24, 2.45) is 0 Å². The van der Waals surface area contributed by atoms with Crippen molar-refractivity contribution in [3.05, 3.63) is 51.7 Å². The molecule has 1 atom stereocenters. The molecule has 0 aliphatic rings. The van der Waals surface area contributed by atoms with Crippen LogP contribution in [0.1, 0.15) is 29.8 Å². The van der Waals surface area contributed by atoms with Crippen LogP contribution in [0.15, 0.2) is 29.6 Å². The molecule has 0 saturated heterocycles. The van der Waals surface area contributed by atoms with Gasteiger partial charge in [-0.15, -0.1) is 11.3 Å². The molecule has 0 aliphatic heterocycles. The molecule has 1 N–H and O–H groups in total. The molecule has 21 heavy (non-hydrogen) atoms. The van der Waals surface area contributed by atoms with E-state index in [0.717, 1.165) is 29.7 Å². The molecule has 2 rings (SSSR count). The topological polar surface area (TPSA) is 21.3 Å². The second-order valence-corrected chi connectivity index (χ2v) is 5.82. The highest BCUT2D eigenvalue weighted by atomic mass is 32.1. The number of halogens is 2. The van der Waals surface area contributed by atoms with Crippen molar-refractivity contribution in [1.29, 1.82) is 0 Å². The van der Waals surface area contributed by atoms with E-state index >= 15 is 0 Å². The Morgan fingerprint density at radius 1 is 1.19 bits per heavy atom. The summed E-state index contributed by atoms with van der Waals surface area (Å²) >= 11 is 1.59. The van der Waals surface area contributed by atoms with Crippen molar-refractivity contribution in [2.75, 3.05) is 13.7 Å². The number of thiophene rings is 1. The Hall–Kier alpha value is -1.46. The fourth-order valence-corrected chi connectivity index (χ4v) is 3.11. The lowest BCUT2D eigenvalue weighted by Crippen LogP contribution is -2.23. The average molecular weight is 311 g/mol. The maximum Gasteiger partial charge on any atom is 0.129 e. The summed E-state index contributed by atoms with van der Waals surface area (Å²) in [6, 6.07) is 5.66. The summed E-state index contributed by atoms with van der Waals surface area (Å²) in [5, 5.41) is 5.35. The van der Waals surface area contributed by atoms with Crippen LogP contribution >= 0.6 is 11.3 Å². The molecule has 114 valence electrons. The first kappa shape index (κ1) is 15.9. The highest BCUT2D eigenvalue weighted by Crippen LogP contribution is 2.29. The van der Waals surface area contributed by atoms with Crippen molar-refractivity contribution in [2.45, 2.75) is 25.8 Å². The first-order valence-electron chi connectivity index (χ1n) is 6.93. The van der Waals surface area contributed by atoms with Crippen LogP contribution in [0, 0.1) is 11.6 Å². The largest absolute Gasteiger partial charge is 0.496 e. The van der Waals surface area contributed by atoms with Gasteiger partial charge in [0.05, 0.1) is 7.11 Å². The lowest BCUT2D eigenvalue weighted by molar-refractivity contribution is 0.415. The van der Waals surface area contributed by atoms with Gasteiger partial charge in [-0.2, -0.15) is 0 Å². The van der Waals surface area contributed by atoms with E-state index in [1.807, 2.05) is 11.4 Å². The van der Waals surface area contributed by atoms with Gasteiger partial charge in [0.1, 0.15) is 17.4 Å². The molecule has 1 aromatic heterocycles. The van der Waals surface area contributed by atoms with Gasteiger partial charge in [0, 0.05) is 22.4 Å². The number of benzene rings is 1. The lowest BCUT2D eigenvalue weighted by atomic mass is 10.0. The Morgan fingerprint density at radius 2 is 1.90 bits per heavy atom. The maximum atomic E-state index is 13.3. The maximum absolute atomic E-state index is 13.3. The van der Waals surface area contributed by atoms with Gasteiger partial charge in [-0.05, 0) is 43.1 Å². The van der Waals surface area contributed by atoms with Crippen molar-refractivity contribution in [1.82, 2.24) is 5.32 Å². The molecular weight excluding hydrogens is 292 g/mol. The Labute approximate surface area is 127 Å². The zero-order valence-corrected chi connectivity index (χ0v) is 13.0. The smallest absolute Gasteiger partial charge is 0.129 e. The summed E-state index contributed by atoms with van der Waals surface area (Å²) < 4.78 is 31.8. The van der Waals surface area contributed by atoms with Crippen LogP contribution in [0.3, 0.4) is 0 Å². The predicted octanol–water partition coefficient (Wildman–Crippen LogP) is 4.32. The minimum atomic E-state index is -0.539. The molecule has 0 saturated carbocycles. The molecule has 0 amide bonds. The zero-order valence-electron chi connectivity index (χ0n) is 12.2. The number of methoxy groups -OCH3 is 1. The highest BCUT2D eigenvalue weighted by Gasteiger charge is 2.15. The van der Waals surface area contributed by atoms with Gasteiger partial charge in [-0.3, -0.25) is 0 Å². The second kappa shape index (κ2) is 7.52. The zero-order chi connectivity index (χ0) is 15.2. The van der Waals surface area contributed by atoms with Gasteiger partial charge in [0.15, 0.2) is 0 Å². The van der Waals surface area contributed by atoms with E-state index in [9.17, 15) is 8.78 Å². The van der Waals surface area contributed by atoms with E-state index in [4.69, 9.17) is 4.74 Å². The van der Waals surface area contributed by atoms with Crippen LogP contribution in [-0.4, -0.2) is 13.7 Å². The molecule has 0 spiro atoms. The Kier molecular flexibility index (Phi) is 5.70. The van der Waals surface area contributed by atoms with Crippen LogP contribution in [0.4, 0.5) is 8.78 Å². The van der Waals surface area contributed by atoms with Crippen molar-refractivity contribution in [3.8, 4) is 5.75 Å². The van der Waals surface area contributed by atoms with Crippen molar-refractivity contribution in [3.63, 3.8) is 0 Å². The molecule has 2 aromatic rings. The number of rotatable bonds is 7. The Balaban J connectivity index is 2.19. The monoisotopic (exact) mass is 311 g/mol. The van der Waals surface area contributed by atoms with E-state index in [-0.39, 0.29) is 6.04 Å². The summed E-state index contributed by atoms with van der Waals surface area (Å²) in [6.45, 7) is 2.93. The summed E-state index contributed by atoms with van der Waals surface area (Å²) in [7, 11) is 1.63. The number of hydrogen-bond donors (Lipinski definition) is 1. The predicted molar refractivity (Wildman–Crippen MR) is 82.0 cm³/mol. The van der Waals surface area contributed by atoms with Crippen LogP contribution < -0.4 is 10.1 Å². The molecule has 5 heteroatoms. The van der Waals surface area contributed by atoms with E-state index < -0.39 is 11.6 Å². The molecule has 0 bridgehead atoms. The van der Waals surface area contributed by atoms with E-state index in [0.29, 0.717) is 12.0 Å². The average Bonchev–Trinajstić information content (AvgIpc) is 2.91. The van der Waals surface area contributed by atoms with Gasteiger partial charge >= 0.3 is 0 Å². The quantitative estimate of drug-likeness (QED) is 0.822. The molecule has 0 fully saturated rings. The molecule has 1 heterocycles. The SMILES string of the molecule is CCCNC(Cc1cc(F)cc(F)c1)c1cc(OC)cs1. The number of nitrogens with one attached hydrogen (secondary N) is 1. The fraction of sp³-hybridized carbons (Fsp3) is 0.375. The minimum absolute atomic E-state index is 0.0278. The first-order valence-corrected chi connectivity index (χ1v) is 7.81. The molecular formula is C16H19F2NOS. The Morgan fingerprint density at radius 3 is 2.48 bits per heavy atom. The van der Waals surface area contributed by atoms with E-state index in [1.165, 1.54) is 12.1 Å². The molecule has 0 aliphatic carbocycles. The number of ether oxygens (including phenoxy) is 1. The third-order valence-electron chi connectivity index (χ3n) is 3.18. The van der Waals surface area contributed by atoms with Crippen molar-refractivity contribution >= 4 is 11.3 Å². The summed E-state index contributed by atoms with van der Waals surface area (Å²) in [5.41, 5.74) is 0.647. The van der Waals surface area contributed by atoms with Crippen molar-refractivity contribution < 1.29 is 13.5 Å². The molecule has 1 aromatic carbocycles. The Bertz CT molecular complexity index is 565. The highest BCUT2D eigenvalue weighted by molar-refractivity contribution is 7.10. The van der Waals surface area contributed by atoms with Gasteiger partial charge in [0.2, 0.25) is 0 Å². The third kappa shape index (κ3) is 4.51. The van der Waals surface area contributed by atoms with Crippen LogP contribution in [0.2, 0.25) is 0 Å². The molecule has 2 nitrogen and oxygen atoms in total. The lowest BCUT2D eigenvalue weighted by Gasteiger charge is -2.17. The normalized spacial score (nSPS) is 12.4. The molecule has 0 radical (unpaired) electrons. The summed E-state index contributed by atoms with van der Waals surface area (Å²) in [5.74, 6) is -0.269. The molecule has 1 unspecified atom stereocenters. The van der Waals surface area contributed by atoms with E-state index in [2.05, 4.69) is 12.2 Å². The van der Waals surface area contributed by atoms with Gasteiger partial charge in [-0.1, -0.05) is 6.92 Å². The second-order valence-electron chi connectivity index (χ2n) is 4.88. The summed E-state index contributed by atoms with van der Waals surface area (Å²) in [4.78, 5) is 1.10. The van der Waals surface area contributed by atoms with Crippen LogP contribution in [0.5, 0.6) is 5.75 Å². The fourth-order valence-electron chi connectivity index (χ4n) is 2.18. The minimum Gasteiger partial charge on any atom is -0.496 e. The van der Waals surface area contributed by atoms with E-state index in [1.54, 1.807) is 18.4 Å².